The lowest BCUT2D eigenvalue weighted by molar-refractivity contribution is -0.148. The second kappa shape index (κ2) is 9.68. The monoisotopic (exact) mass is 390 g/mol. The highest BCUT2D eigenvalue weighted by atomic mass is 16.5. The third-order valence-electron chi connectivity index (χ3n) is 5.25. The van der Waals surface area contributed by atoms with Crippen molar-refractivity contribution in [3.8, 4) is 0 Å². The van der Waals surface area contributed by atoms with Gasteiger partial charge in [-0.1, -0.05) is 51.3 Å². The quantitative estimate of drug-likeness (QED) is 0.616. The minimum Gasteiger partial charge on any atom is -0.467 e. The van der Waals surface area contributed by atoms with Gasteiger partial charge in [0.1, 0.15) is 12.1 Å². The molecule has 0 saturated heterocycles. The maximum Gasteiger partial charge on any atom is 0.328 e. The molecular formula is C21H30N2O5. The molecule has 0 aromatic heterocycles. The second-order valence-electron chi connectivity index (χ2n) is 7.69. The molecule has 0 spiro atoms. The van der Waals surface area contributed by atoms with E-state index in [0.717, 1.165) is 19.3 Å². The average molecular weight is 390 g/mol. The number of rotatable bonds is 7. The summed E-state index contributed by atoms with van der Waals surface area (Å²) in [4.78, 5) is 37.7. The molecule has 28 heavy (non-hydrogen) atoms. The van der Waals surface area contributed by atoms with Gasteiger partial charge in [-0.15, -0.1) is 0 Å². The van der Waals surface area contributed by atoms with E-state index in [1.54, 1.807) is 44.2 Å². The molecule has 0 radical (unpaired) electrons. The van der Waals surface area contributed by atoms with Crippen LogP contribution in [0.5, 0.6) is 0 Å². The predicted molar refractivity (Wildman–Crippen MR) is 105 cm³/mol. The number of benzene rings is 1. The van der Waals surface area contributed by atoms with Crippen molar-refractivity contribution in [1.29, 1.82) is 0 Å². The minimum absolute atomic E-state index is 0.206. The predicted octanol–water partition coefficient (Wildman–Crippen LogP) is 1.79. The summed E-state index contributed by atoms with van der Waals surface area (Å²) < 4.78 is 4.77. The van der Waals surface area contributed by atoms with E-state index in [-0.39, 0.29) is 5.92 Å². The van der Waals surface area contributed by atoms with E-state index in [1.807, 2.05) is 0 Å². The van der Waals surface area contributed by atoms with Crippen LogP contribution in [0.25, 0.3) is 0 Å². The molecule has 0 heterocycles. The van der Waals surface area contributed by atoms with Gasteiger partial charge in [0.05, 0.1) is 12.7 Å². The zero-order valence-corrected chi connectivity index (χ0v) is 16.7. The van der Waals surface area contributed by atoms with Gasteiger partial charge in [-0.25, -0.2) is 4.79 Å². The Balaban J connectivity index is 2.25. The fourth-order valence-electron chi connectivity index (χ4n) is 3.56. The Hall–Kier alpha value is -2.41. The first kappa shape index (κ1) is 21.9. The lowest BCUT2D eigenvalue weighted by Crippen LogP contribution is -2.63. The zero-order valence-electron chi connectivity index (χ0n) is 16.7. The molecule has 1 saturated carbocycles. The Kier molecular flexibility index (Phi) is 7.57. The second-order valence-corrected chi connectivity index (χ2v) is 7.69. The number of hydrogen-bond donors (Lipinski definition) is 3. The molecule has 1 aliphatic carbocycles. The number of carbonyl (C=O) groups is 3. The van der Waals surface area contributed by atoms with Crippen molar-refractivity contribution >= 4 is 17.8 Å². The highest BCUT2D eigenvalue weighted by molar-refractivity contribution is 5.98. The Labute approximate surface area is 165 Å². The smallest absolute Gasteiger partial charge is 0.328 e. The van der Waals surface area contributed by atoms with Gasteiger partial charge in [0.15, 0.2) is 0 Å². The summed E-state index contributed by atoms with van der Waals surface area (Å²) in [5.74, 6) is -1.80. The topological polar surface area (TPSA) is 105 Å². The molecule has 2 atom stereocenters. The minimum atomic E-state index is -1.36. The van der Waals surface area contributed by atoms with E-state index >= 15 is 0 Å². The summed E-state index contributed by atoms with van der Waals surface area (Å²) in [7, 11) is 1.26. The highest BCUT2D eigenvalue weighted by Gasteiger charge is 2.44. The molecule has 2 amide bonds. The molecule has 7 heteroatoms. The van der Waals surface area contributed by atoms with E-state index in [4.69, 9.17) is 4.74 Å². The van der Waals surface area contributed by atoms with Crippen LogP contribution in [0.2, 0.25) is 0 Å². The lowest BCUT2D eigenvalue weighted by Gasteiger charge is -2.39. The number of esters is 1. The van der Waals surface area contributed by atoms with Gasteiger partial charge in [-0.3, -0.25) is 9.59 Å². The van der Waals surface area contributed by atoms with Crippen LogP contribution in [0.4, 0.5) is 0 Å². The van der Waals surface area contributed by atoms with Crippen LogP contribution in [0.3, 0.4) is 0 Å². The maximum absolute atomic E-state index is 13.1. The van der Waals surface area contributed by atoms with Crippen molar-refractivity contribution in [2.45, 2.75) is 63.6 Å². The Bertz CT molecular complexity index is 683. The standard InChI is InChI=1S/C21H30N2O5/c1-14(2)16(20(26)28-3)22-19(25)17(21(27)12-8-5-9-13-21)23-18(24)15-10-6-4-7-11-15/h4,6-7,10-11,14,16-17,27H,5,8-9,12-13H2,1-3H3,(H,22,25)(H,23,24)/t16-,17+/m0/s1. The largest absolute Gasteiger partial charge is 0.467 e. The van der Waals surface area contributed by atoms with E-state index in [1.165, 1.54) is 7.11 Å². The van der Waals surface area contributed by atoms with Gasteiger partial charge in [-0.2, -0.15) is 0 Å². The Morgan fingerprint density at radius 1 is 1.04 bits per heavy atom. The SMILES string of the molecule is COC(=O)[C@@H](NC(=O)[C@@H](NC(=O)c1ccccc1)C1(O)CCCCC1)C(C)C. The van der Waals surface area contributed by atoms with Gasteiger partial charge < -0.3 is 20.5 Å². The van der Waals surface area contributed by atoms with Crippen LogP contribution in [0.15, 0.2) is 30.3 Å². The number of ether oxygens (including phenoxy) is 1. The average Bonchev–Trinajstić information content (AvgIpc) is 2.70. The molecule has 7 nitrogen and oxygen atoms in total. The molecule has 154 valence electrons. The molecule has 1 fully saturated rings. The number of aliphatic hydroxyl groups is 1. The van der Waals surface area contributed by atoms with Crippen molar-refractivity contribution in [2.75, 3.05) is 7.11 Å². The summed E-state index contributed by atoms with van der Waals surface area (Å²) in [6, 6.07) is 6.50. The molecule has 0 aliphatic heterocycles. The number of hydrogen-bond acceptors (Lipinski definition) is 5. The van der Waals surface area contributed by atoms with Gasteiger partial charge in [-0.05, 0) is 30.9 Å². The van der Waals surface area contributed by atoms with E-state index in [0.29, 0.717) is 18.4 Å². The fraction of sp³-hybridized carbons (Fsp3) is 0.571. The zero-order chi connectivity index (χ0) is 20.7. The summed E-state index contributed by atoms with van der Waals surface area (Å²) >= 11 is 0. The van der Waals surface area contributed by atoms with E-state index in [2.05, 4.69) is 10.6 Å². The summed E-state index contributed by atoms with van der Waals surface area (Å²) in [6.45, 7) is 3.57. The number of nitrogens with one attached hydrogen (secondary N) is 2. The number of carbonyl (C=O) groups excluding carboxylic acids is 3. The van der Waals surface area contributed by atoms with Crippen molar-refractivity contribution in [3.05, 3.63) is 35.9 Å². The number of amides is 2. The van der Waals surface area contributed by atoms with Crippen molar-refractivity contribution in [2.24, 2.45) is 5.92 Å². The lowest BCUT2D eigenvalue weighted by atomic mass is 9.78. The van der Waals surface area contributed by atoms with Gasteiger partial charge in [0.25, 0.3) is 5.91 Å². The first-order chi connectivity index (χ1) is 13.3. The third kappa shape index (κ3) is 5.32. The van der Waals surface area contributed by atoms with Crippen LogP contribution in [-0.2, 0) is 14.3 Å². The molecule has 1 aromatic rings. The fourth-order valence-corrected chi connectivity index (χ4v) is 3.56. The molecule has 1 aromatic carbocycles. The van der Waals surface area contributed by atoms with Crippen molar-refractivity contribution in [1.82, 2.24) is 10.6 Å². The maximum atomic E-state index is 13.1. The van der Waals surface area contributed by atoms with Crippen LogP contribution in [0, 0.1) is 5.92 Å². The van der Waals surface area contributed by atoms with Crippen molar-refractivity contribution < 1.29 is 24.2 Å². The Morgan fingerprint density at radius 3 is 2.18 bits per heavy atom. The molecule has 0 unspecified atom stereocenters. The molecule has 0 bridgehead atoms. The van der Waals surface area contributed by atoms with E-state index < -0.39 is 35.5 Å². The van der Waals surface area contributed by atoms with Crippen LogP contribution < -0.4 is 10.6 Å². The summed E-state index contributed by atoms with van der Waals surface area (Å²) in [5, 5.41) is 16.5. The summed E-state index contributed by atoms with van der Waals surface area (Å²) in [6.07, 6.45) is 3.33. The van der Waals surface area contributed by atoms with Crippen molar-refractivity contribution in [3.63, 3.8) is 0 Å². The Morgan fingerprint density at radius 2 is 1.64 bits per heavy atom. The van der Waals surface area contributed by atoms with Gasteiger partial charge in [0, 0.05) is 5.56 Å². The highest BCUT2D eigenvalue weighted by Crippen LogP contribution is 2.31. The first-order valence-corrected chi connectivity index (χ1v) is 9.75. The van der Waals surface area contributed by atoms with Gasteiger partial charge >= 0.3 is 5.97 Å². The van der Waals surface area contributed by atoms with Crippen LogP contribution >= 0.6 is 0 Å². The third-order valence-corrected chi connectivity index (χ3v) is 5.25. The molecule has 1 aliphatic rings. The normalized spacial score (nSPS) is 18.0. The van der Waals surface area contributed by atoms with Crippen LogP contribution in [0.1, 0.15) is 56.3 Å². The summed E-state index contributed by atoms with van der Waals surface area (Å²) in [5.41, 5.74) is -0.960. The first-order valence-electron chi connectivity index (χ1n) is 9.75. The van der Waals surface area contributed by atoms with Gasteiger partial charge in [0.2, 0.25) is 5.91 Å². The van der Waals surface area contributed by atoms with Crippen LogP contribution in [-0.4, -0.2) is 47.7 Å². The molecule has 3 N–H and O–H groups in total. The van der Waals surface area contributed by atoms with E-state index in [9.17, 15) is 19.5 Å². The molecular weight excluding hydrogens is 360 g/mol. The number of methoxy groups -OCH3 is 1. The molecule has 2 rings (SSSR count).